The number of rotatable bonds is 6. The Morgan fingerprint density at radius 3 is 2.58 bits per heavy atom. The zero-order valence-electron chi connectivity index (χ0n) is 15.3. The number of benzene rings is 1. The van der Waals surface area contributed by atoms with Gasteiger partial charge in [0.25, 0.3) is 0 Å². The van der Waals surface area contributed by atoms with Crippen molar-refractivity contribution in [2.24, 2.45) is 0 Å². The van der Waals surface area contributed by atoms with E-state index in [4.69, 9.17) is 20.2 Å². The van der Waals surface area contributed by atoms with Crippen molar-refractivity contribution in [1.82, 2.24) is 19.9 Å². The largest absolute Gasteiger partial charge is 0.493 e. The lowest BCUT2D eigenvalue weighted by Crippen LogP contribution is -2.16. The van der Waals surface area contributed by atoms with Crippen LogP contribution in [0.1, 0.15) is 20.3 Å². The molecule has 0 bridgehead atoms. The molecule has 0 amide bonds. The quantitative estimate of drug-likeness (QED) is 0.695. The summed E-state index contributed by atoms with van der Waals surface area (Å²) in [5.74, 6) is 2.02. The Hall–Kier alpha value is -3.16. The van der Waals surface area contributed by atoms with E-state index < -0.39 is 0 Å². The first-order chi connectivity index (χ1) is 12.5. The fourth-order valence-corrected chi connectivity index (χ4v) is 2.50. The van der Waals surface area contributed by atoms with Crippen LogP contribution < -0.4 is 20.5 Å². The summed E-state index contributed by atoms with van der Waals surface area (Å²) in [6.07, 6.45) is 2.59. The van der Waals surface area contributed by atoms with Crippen LogP contribution in [-0.4, -0.2) is 40.2 Å². The minimum Gasteiger partial charge on any atom is -0.493 e. The number of anilines is 2. The predicted molar refractivity (Wildman–Crippen MR) is 101 cm³/mol. The number of hydrogen-bond acceptors (Lipinski definition) is 8. The third-order valence-corrected chi connectivity index (χ3v) is 4.10. The first-order valence-electron chi connectivity index (χ1n) is 8.34. The van der Waals surface area contributed by atoms with E-state index in [1.165, 1.54) is 0 Å². The molecule has 2 heterocycles. The van der Waals surface area contributed by atoms with Crippen molar-refractivity contribution in [3.63, 3.8) is 0 Å². The van der Waals surface area contributed by atoms with E-state index in [1.807, 2.05) is 18.2 Å². The molecule has 0 radical (unpaired) electrons. The minimum atomic E-state index is 0.163. The van der Waals surface area contributed by atoms with Gasteiger partial charge in [-0.05, 0) is 31.5 Å². The van der Waals surface area contributed by atoms with Crippen LogP contribution in [-0.2, 0) is 0 Å². The number of ether oxygens (including phenoxy) is 2. The Kier molecular flexibility index (Phi) is 5.01. The highest BCUT2D eigenvalue weighted by molar-refractivity contribution is 5.85. The lowest BCUT2D eigenvalue weighted by Gasteiger charge is -2.14. The number of nitrogens with one attached hydrogen (secondary N) is 1. The van der Waals surface area contributed by atoms with Gasteiger partial charge in [0.2, 0.25) is 5.95 Å². The van der Waals surface area contributed by atoms with E-state index in [1.54, 1.807) is 20.4 Å². The first kappa shape index (κ1) is 17.7. The summed E-state index contributed by atoms with van der Waals surface area (Å²) in [7, 11) is 3.19. The Bertz CT molecular complexity index is 931. The van der Waals surface area contributed by atoms with Crippen molar-refractivity contribution in [3.05, 3.63) is 24.4 Å². The maximum Gasteiger partial charge on any atom is 0.224 e. The van der Waals surface area contributed by atoms with E-state index in [0.717, 1.165) is 12.0 Å². The van der Waals surface area contributed by atoms with Gasteiger partial charge in [-0.25, -0.2) is 9.97 Å². The SMILES string of the molecule is CC[C@H](C)Nc1nc(N)nc2ncc(-c3ccc(OC)c(OC)c3)nc12. The van der Waals surface area contributed by atoms with E-state index >= 15 is 0 Å². The van der Waals surface area contributed by atoms with Gasteiger partial charge in [-0.3, -0.25) is 0 Å². The molecule has 0 unspecified atom stereocenters. The molecular formula is C18H22N6O2. The Morgan fingerprint density at radius 1 is 1.12 bits per heavy atom. The molecule has 0 aliphatic carbocycles. The molecule has 8 heteroatoms. The molecule has 3 rings (SSSR count). The maximum absolute atomic E-state index is 5.80. The van der Waals surface area contributed by atoms with Crippen LogP contribution in [0.15, 0.2) is 24.4 Å². The van der Waals surface area contributed by atoms with Crippen LogP contribution in [0.25, 0.3) is 22.4 Å². The Morgan fingerprint density at radius 2 is 1.88 bits per heavy atom. The van der Waals surface area contributed by atoms with Crippen LogP contribution in [0, 0.1) is 0 Å². The van der Waals surface area contributed by atoms with Crippen LogP contribution >= 0.6 is 0 Å². The molecular weight excluding hydrogens is 332 g/mol. The monoisotopic (exact) mass is 354 g/mol. The fraction of sp³-hybridized carbons (Fsp3) is 0.333. The van der Waals surface area contributed by atoms with Crippen molar-refractivity contribution in [2.75, 3.05) is 25.3 Å². The molecule has 0 saturated heterocycles. The molecule has 0 aliphatic heterocycles. The lowest BCUT2D eigenvalue weighted by molar-refractivity contribution is 0.355. The van der Waals surface area contributed by atoms with Crippen LogP contribution in [0.4, 0.5) is 11.8 Å². The number of fused-ring (bicyclic) bond motifs is 1. The van der Waals surface area contributed by atoms with Gasteiger partial charge in [0.15, 0.2) is 28.5 Å². The highest BCUT2D eigenvalue weighted by Gasteiger charge is 2.14. The molecule has 1 aromatic carbocycles. The number of hydrogen-bond donors (Lipinski definition) is 2. The van der Waals surface area contributed by atoms with E-state index in [2.05, 4.69) is 34.1 Å². The summed E-state index contributed by atoms with van der Waals surface area (Å²) >= 11 is 0. The smallest absolute Gasteiger partial charge is 0.224 e. The Labute approximate surface area is 151 Å². The molecule has 0 spiro atoms. The van der Waals surface area contributed by atoms with Crippen molar-refractivity contribution in [2.45, 2.75) is 26.3 Å². The molecule has 3 aromatic rings. The summed E-state index contributed by atoms with van der Waals surface area (Å²) in [5.41, 5.74) is 8.36. The molecule has 1 atom stereocenters. The second kappa shape index (κ2) is 7.38. The molecule has 2 aromatic heterocycles. The van der Waals surface area contributed by atoms with Gasteiger partial charge < -0.3 is 20.5 Å². The molecule has 0 aliphatic rings. The third kappa shape index (κ3) is 3.44. The second-order valence-electron chi connectivity index (χ2n) is 5.88. The number of nitrogens with zero attached hydrogens (tertiary/aromatic N) is 4. The van der Waals surface area contributed by atoms with Gasteiger partial charge in [-0.2, -0.15) is 9.97 Å². The molecule has 3 N–H and O–H groups in total. The standard InChI is InChI=1S/C18H22N6O2/c1-5-10(2)21-17-15-16(23-18(19)24-17)20-9-12(22-15)11-6-7-13(25-3)14(8-11)26-4/h6-10H,5H2,1-4H3,(H3,19,20,21,23,24)/t10-/m0/s1. The van der Waals surface area contributed by atoms with Crippen molar-refractivity contribution >= 4 is 22.9 Å². The lowest BCUT2D eigenvalue weighted by atomic mass is 10.1. The summed E-state index contributed by atoms with van der Waals surface area (Å²) < 4.78 is 10.6. The summed E-state index contributed by atoms with van der Waals surface area (Å²) in [6.45, 7) is 4.15. The molecule has 136 valence electrons. The summed E-state index contributed by atoms with van der Waals surface area (Å²) in [6, 6.07) is 5.81. The zero-order chi connectivity index (χ0) is 18.7. The number of nitrogens with two attached hydrogens (primary N) is 1. The highest BCUT2D eigenvalue weighted by Crippen LogP contribution is 2.32. The van der Waals surface area contributed by atoms with Gasteiger partial charge in [-0.1, -0.05) is 6.92 Å². The predicted octanol–water partition coefficient (Wildman–Crippen LogP) is 2.90. The molecule has 0 saturated carbocycles. The molecule has 8 nitrogen and oxygen atoms in total. The van der Waals surface area contributed by atoms with Gasteiger partial charge in [0.05, 0.1) is 26.1 Å². The average molecular weight is 354 g/mol. The molecule has 0 fully saturated rings. The molecule has 26 heavy (non-hydrogen) atoms. The summed E-state index contributed by atoms with van der Waals surface area (Å²) in [5, 5.41) is 3.32. The van der Waals surface area contributed by atoms with Crippen molar-refractivity contribution < 1.29 is 9.47 Å². The zero-order valence-corrected chi connectivity index (χ0v) is 15.3. The van der Waals surface area contributed by atoms with Gasteiger partial charge in [-0.15, -0.1) is 0 Å². The number of methoxy groups -OCH3 is 2. The highest BCUT2D eigenvalue weighted by atomic mass is 16.5. The maximum atomic E-state index is 5.80. The second-order valence-corrected chi connectivity index (χ2v) is 5.88. The van der Waals surface area contributed by atoms with Gasteiger partial charge in [0.1, 0.15) is 0 Å². The van der Waals surface area contributed by atoms with Gasteiger partial charge in [0, 0.05) is 11.6 Å². The first-order valence-corrected chi connectivity index (χ1v) is 8.34. The number of nitrogen functional groups attached to an aromatic ring is 1. The Balaban J connectivity index is 2.11. The topological polar surface area (TPSA) is 108 Å². The summed E-state index contributed by atoms with van der Waals surface area (Å²) in [4.78, 5) is 17.6. The normalized spacial score (nSPS) is 12.0. The fourth-order valence-electron chi connectivity index (χ4n) is 2.50. The van der Waals surface area contributed by atoms with Crippen LogP contribution in [0.2, 0.25) is 0 Å². The van der Waals surface area contributed by atoms with Crippen molar-refractivity contribution in [1.29, 1.82) is 0 Å². The average Bonchev–Trinajstić information content (AvgIpc) is 2.66. The van der Waals surface area contributed by atoms with E-state index in [0.29, 0.717) is 34.2 Å². The van der Waals surface area contributed by atoms with E-state index in [-0.39, 0.29) is 12.0 Å². The number of aromatic nitrogens is 4. The minimum absolute atomic E-state index is 0.163. The third-order valence-electron chi connectivity index (χ3n) is 4.10. The van der Waals surface area contributed by atoms with Crippen molar-refractivity contribution in [3.8, 4) is 22.8 Å². The van der Waals surface area contributed by atoms with Crippen LogP contribution in [0.3, 0.4) is 0 Å². The van der Waals surface area contributed by atoms with Gasteiger partial charge >= 0.3 is 0 Å². The van der Waals surface area contributed by atoms with Crippen LogP contribution in [0.5, 0.6) is 11.5 Å². The van der Waals surface area contributed by atoms with E-state index in [9.17, 15) is 0 Å².